The second-order valence-corrected chi connectivity index (χ2v) is 4.73. The summed E-state index contributed by atoms with van der Waals surface area (Å²) in [5.41, 5.74) is 0.828. The van der Waals surface area contributed by atoms with Crippen molar-refractivity contribution in [2.75, 3.05) is 26.2 Å². The number of hydrogen-bond acceptors (Lipinski definition) is 3. The summed E-state index contributed by atoms with van der Waals surface area (Å²) in [6, 6.07) is 7.59. The predicted molar refractivity (Wildman–Crippen MR) is 94.5 cm³/mol. The van der Waals surface area contributed by atoms with Crippen molar-refractivity contribution in [3.8, 4) is 5.75 Å². The summed E-state index contributed by atoms with van der Waals surface area (Å²) in [5.74, 6) is 0.798. The van der Waals surface area contributed by atoms with Crippen molar-refractivity contribution >= 4 is 47.3 Å². The minimum absolute atomic E-state index is 0. The van der Waals surface area contributed by atoms with Crippen LogP contribution in [-0.2, 0) is 0 Å². The number of hydrogen-bond donors (Lipinski definition) is 0. The first-order valence-electron chi connectivity index (χ1n) is 6.64. The summed E-state index contributed by atoms with van der Waals surface area (Å²) < 4.78 is 5.85. The molecule has 118 valence electrons. The van der Waals surface area contributed by atoms with E-state index in [4.69, 9.17) is 16.3 Å². The van der Waals surface area contributed by atoms with Crippen LogP contribution in [0.5, 0.6) is 5.75 Å². The first-order chi connectivity index (χ1) is 9.26. The molecule has 0 amide bonds. The van der Waals surface area contributed by atoms with Gasteiger partial charge in [0.2, 0.25) is 0 Å². The van der Waals surface area contributed by atoms with E-state index in [1.807, 2.05) is 24.3 Å². The number of ether oxygens (including phenoxy) is 1. The Morgan fingerprint density at radius 1 is 1.14 bits per heavy atom. The van der Waals surface area contributed by atoms with Gasteiger partial charge in [-0.05, 0) is 37.4 Å². The average molecular weight is 352 g/mol. The number of rotatable bonds is 6. The van der Waals surface area contributed by atoms with Gasteiger partial charge in [-0.3, -0.25) is 4.98 Å². The van der Waals surface area contributed by atoms with Crippen molar-refractivity contribution in [3.63, 3.8) is 0 Å². The first kappa shape index (κ1) is 20.3. The van der Waals surface area contributed by atoms with Gasteiger partial charge >= 0.3 is 0 Å². The van der Waals surface area contributed by atoms with Crippen molar-refractivity contribution < 1.29 is 4.74 Å². The second-order valence-electron chi connectivity index (χ2n) is 4.32. The summed E-state index contributed by atoms with van der Waals surface area (Å²) in [6.07, 6.45) is 1.76. The highest BCUT2D eigenvalue weighted by Crippen LogP contribution is 2.29. The summed E-state index contributed by atoms with van der Waals surface area (Å²) in [4.78, 5) is 6.68. The van der Waals surface area contributed by atoms with E-state index < -0.39 is 0 Å². The molecule has 0 saturated carbocycles. The Balaban J connectivity index is 0.00000200. The smallest absolute Gasteiger partial charge is 0.145 e. The molecule has 1 heterocycles. The summed E-state index contributed by atoms with van der Waals surface area (Å²) in [5, 5.41) is 1.64. The van der Waals surface area contributed by atoms with Gasteiger partial charge in [-0.2, -0.15) is 0 Å². The van der Waals surface area contributed by atoms with E-state index in [9.17, 15) is 0 Å². The zero-order valence-corrected chi connectivity index (χ0v) is 14.6. The molecule has 0 unspecified atom stereocenters. The topological polar surface area (TPSA) is 25.4 Å². The lowest BCUT2D eigenvalue weighted by Crippen LogP contribution is -2.27. The zero-order valence-electron chi connectivity index (χ0n) is 12.2. The van der Waals surface area contributed by atoms with E-state index in [-0.39, 0.29) is 24.8 Å². The molecular weight excluding hydrogens is 331 g/mol. The minimum atomic E-state index is 0. The molecule has 0 aliphatic carbocycles. The van der Waals surface area contributed by atoms with Crippen LogP contribution in [0.25, 0.3) is 10.9 Å². The Morgan fingerprint density at radius 3 is 2.52 bits per heavy atom. The molecule has 0 spiro atoms. The standard InChI is InChI=1S/C15H19ClN2O.2ClH/c1-3-18(4-2)10-11-19-14-8-7-13(16)12-6-5-9-17-15(12)14;;/h5-9H,3-4,10-11H2,1-2H3;2*1H. The normalized spacial score (nSPS) is 10.1. The molecule has 21 heavy (non-hydrogen) atoms. The summed E-state index contributed by atoms with van der Waals surface area (Å²) >= 11 is 6.15. The van der Waals surface area contributed by atoms with E-state index in [2.05, 4.69) is 23.7 Å². The van der Waals surface area contributed by atoms with Crippen LogP contribution in [0.15, 0.2) is 30.5 Å². The maximum atomic E-state index is 6.15. The molecule has 1 aromatic heterocycles. The molecule has 2 rings (SSSR count). The summed E-state index contributed by atoms with van der Waals surface area (Å²) in [7, 11) is 0. The van der Waals surface area contributed by atoms with E-state index in [0.29, 0.717) is 11.6 Å². The number of halogens is 3. The highest BCUT2D eigenvalue weighted by atomic mass is 35.5. The van der Waals surface area contributed by atoms with Crippen LogP contribution in [0.4, 0.5) is 0 Å². The fourth-order valence-corrected chi connectivity index (χ4v) is 2.27. The van der Waals surface area contributed by atoms with Crippen LogP contribution < -0.4 is 4.74 Å². The van der Waals surface area contributed by atoms with Crippen molar-refractivity contribution in [2.24, 2.45) is 0 Å². The highest BCUT2D eigenvalue weighted by Gasteiger charge is 2.07. The fraction of sp³-hybridized carbons (Fsp3) is 0.400. The van der Waals surface area contributed by atoms with Gasteiger partial charge in [-0.25, -0.2) is 0 Å². The maximum absolute atomic E-state index is 6.15. The Morgan fingerprint density at radius 2 is 1.86 bits per heavy atom. The zero-order chi connectivity index (χ0) is 13.7. The Kier molecular flexibility index (Phi) is 9.71. The average Bonchev–Trinajstić information content (AvgIpc) is 2.46. The van der Waals surface area contributed by atoms with Gasteiger partial charge in [0.25, 0.3) is 0 Å². The van der Waals surface area contributed by atoms with Gasteiger partial charge < -0.3 is 9.64 Å². The van der Waals surface area contributed by atoms with Crippen molar-refractivity contribution in [1.29, 1.82) is 0 Å². The highest BCUT2D eigenvalue weighted by molar-refractivity contribution is 6.35. The van der Waals surface area contributed by atoms with Crippen molar-refractivity contribution in [1.82, 2.24) is 9.88 Å². The molecule has 0 fully saturated rings. The molecule has 0 saturated heterocycles. The Labute approximate surface area is 143 Å². The van der Waals surface area contributed by atoms with Crippen LogP contribution in [0.2, 0.25) is 5.02 Å². The van der Waals surface area contributed by atoms with E-state index in [1.165, 1.54) is 0 Å². The van der Waals surface area contributed by atoms with E-state index in [1.54, 1.807) is 6.20 Å². The first-order valence-corrected chi connectivity index (χ1v) is 7.02. The lowest BCUT2D eigenvalue weighted by molar-refractivity contribution is 0.224. The van der Waals surface area contributed by atoms with Gasteiger partial charge in [0.1, 0.15) is 17.9 Å². The monoisotopic (exact) mass is 350 g/mol. The number of aromatic nitrogens is 1. The van der Waals surface area contributed by atoms with Crippen LogP contribution in [0, 0.1) is 0 Å². The summed E-state index contributed by atoms with van der Waals surface area (Å²) in [6.45, 7) is 7.98. The number of fused-ring (bicyclic) bond motifs is 1. The Hall–Kier alpha value is -0.740. The van der Waals surface area contributed by atoms with Gasteiger partial charge in [-0.15, -0.1) is 24.8 Å². The van der Waals surface area contributed by atoms with Gasteiger partial charge in [-0.1, -0.05) is 25.4 Å². The largest absolute Gasteiger partial charge is 0.490 e. The van der Waals surface area contributed by atoms with Gasteiger partial charge in [0.15, 0.2) is 0 Å². The molecular formula is C15H21Cl3N2O. The quantitative estimate of drug-likeness (QED) is 0.768. The van der Waals surface area contributed by atoms with Gasteiger partial charge in [0, 0.05) is 18.1 Å². The molecule has 2 aromatic rings. The predicted octanol–water partition coefficient (Wildman–Crippen LogP) is 4.45. The second kappa shape index (κ2) is 10.1. The van der Waals surface area contributed by atoms with Crippen molar-refractivity contribution in [2.45, 2.75) is 13.8 Å². The van der Waals surface area contributed by atoms with E-state index >= 15 is 0 Å². The molecule has 1 aromatic carbocycles. The molecule has 0 aliphatic rings. The number of nitrogens with zero attached hydrogens (tertiary/aromatic N) is 2. The SMILES string of the molecule is CCN(CC)CCOc1ccc(Cl)c2cccnc12.Cl.Cl. The van der Waals surface area contributed by atoms with Gasteiger partial charge in [0.05, 0.1) is 5.02 Å². The molecule has 0 atom stereocenters. The Bertz CT molecular complexity index is 547. The molecule has 0 N–H and O–H groups in total. The fourth-order valence-electron chi connectivity index (χ4n) is 2.05. The molecule has 6 heteroatoms. The minimum Gasteiger partial charge on any atom is -0.490 e. The third kappa shape index (κ3) is 5.19. The molecule has 0 bridgehead atoms. The van der Waals surface area contributed by atoms with Crippen LogP contribution in [0.1, 0.15) is 13.8 Å². The lowest BCUT2D eigenvalue weighted by Gasteiger charge is -2.18. The third-order valence-electron chi connectivity index (χ3n) is 3.24. The van der Waals surface area contributed by atoms with Crippen LogP contribution in [-0.4, -0.2) is 36.1 Å². The number of likely N-dealkylation sites (N-methyl/N-ethyl adjacent to an activating group) is 1. The lowest BCUT2D eigenvalue weighted by atomic mass is 10.2. The number of pyridine rings is 1. The molecule has 0 radical (unpaired) electrons. The van der Waals surface area contributed by atoms with Crippen molar-refractivity contribution in [3.05, 3.63) is 35.5 Å². The maximum Gasteiger partial charge on any atom is 0.145 e. The molecule has 0 aliphatic heterocycles. The van der Waals surface area contributed by atoms with E-state index in [0.717, 1.165) is 36.3 Å². The van der Waals surface area contributed by atoms with Crippen LogP contribution in [0.3, 0.4) is 0 Å². The van der Waals surface area contributed by atoms with Crippen LogP contribution >= 0.6 is 36.4 Å². The number of benzene rings is 1. The molecule has 3 nitrogen and oxygen atoms in total. The third-order valence-corrected chi connectivity index (χ3v) is 3.57.